The fraction of sp³-hybridized carbons (Fsp3) is 0.400. The van der Waals surface area contributed by atoms with E-state index in [1.807, 2.05) is 54.6 Å². The maximum atomic E-state index is 13.8. The van der Waals surface area contributed by atoms with Crippen LogP contribution < -0.4 is 10.6 Å². The average Bonchev–Trinajstić information content (AvgIpc) is 3.52. The summed E-state index contributed by atoms with van der Waals surface area (Å²) < 4.78 is 0. The minimum Gasteiger partial charge on any atom is -0.324 e. The number of likely N-dealkylation sites (tertiary alicyclic amines) is 1. The molecule has 3 fully saturated rings. The van der Waals surface area contributed by atoms with Gasteiger partial charge in [-0.3, -0.25) is 24.6 Å². The number of imide groups is 1. The van der Waals surface area contributed by atoms with Crippen LogP contribution in [-0.2, 0) is 26.3 Å². The minimum absolute atomic E-state index is 0.0280. The number of rotatable bonds is 3. The van der Waals surface area contributed by atoms with Crippen molar-refractivity contribution in [3.05, 3.63) is 65.7 Å². The summed E-state index contributed by atoms with van der Waals surface area (Å²) in [6.45, 7) is 0. The summed E-state index contributed by atoms with van der Waals surface area (Å²) in [5.74, 6) is -1.77. The minimum atomic E-state index is -1.19. The summed E-state index contributed by atoms with van der Waals surface area (Å²) in [5, 5.41) is 6.48. The van der Waals surface area contributed by atoms with Crippen molar-refractivity contribution in [3.8, 4) is 0 Å². The highest BCUT2D eigenvalue weighted by atomic mass is 16.2. The van der Waals surface area contributed by atoms with Crippen LogP contribution in [0.1, 0.15) is 36.8 Å². The number of carbonyl (C=O) groups excluding carboxylic acids is 3. The zero-order valence-electron chi connectivity index (χ0n) is 17.2. The molecule has 0 bridgehead atoms. The number of para-hydroxylation sites is 1. The van der Waals surface area contributed by atoms with E-state index >= 15 is 0 Å². The second-order valence-electron chi connectivity index (χ2n) is 9.24. The lowest BCUT2D eigenvalue weighted by Crippen LogP contribution is -2.54. The second-order valence-corrected chi connectivity index (χ2v) is 9.24. The molecule has 0 radical (unpaired) electrons. The number of carbonyl (C=O) groups is 3. The van der Waals surface area contributed by atoms with Gasteiger partial charge in [0, 0.05) is 23.3 Å². The third-order valence-electron chi connectivity index (χ3n) is 7.64. The summed E-state index contributed by atoms with van der Waals surface area (Å²) in [6, 6.07) is 17.2. The highest BCUT2D eigenvalue weighted by Crippen LogP contribution is 2.54. The Morgan fingerprint density at radius 3 is 2.39 bits per heavy atom. The normalized spacial score (nSPS) is 32.1. The molecule has 0 unspecified atom stereocenters. The zero-order chi connectivity index (χ0) is 21.2. The lowest BCUT2D eigenvalue weighted by atomic mass is 9.76. The monoisotopic (exact) mass is 415 g/mol. The molecule has 1 aliphatic carbocycles. The maximum Gasteiger partial charge on any atom is 0.250 e. The Morgan fingerprint density at radius 2 is 1.61 bits per heavy atom. The Bertz CT molecular complexity index is 1080. The summed E-state index contributed by atoms with van der Waals surface area (Å²) >= 11 is 0. The van der Waals surface area contributed by atoms with Crippen LogP contribution in [0.3, 0.4) is 0 Å². The van der Waals surface area contributed by atoms with E-state index in [0.717, 1.165) is 42.5 Å². The van der Waals surface area contributed by atoms with Crippen molar-refractivity contribution < 1.29 is 14.4 Å². The number of fused-ring (bicyclic) bond motifs is 4. The SMILES string of the molecule is O=C1[C@@H]2[C@H](Cc3ccccc3)N[C@@]3(C(=O)Nc4ccccc43)[C@H]2C(=O)N1C1CCCC1. The standard InChI is InChI=1S/C25H25N3O3/c29-22-20-19(14-15-8-2-1-3-9-15)27-25(17-12-6-7-13-18(17)26-24(25)31)21(20)23(30)28(22)16-10-4-5-11-16/h1-3,6-9,12-13,16,19-21,27H,4-5,10-11,14H2,(H,26,31)/t19-,20+,21+,25+/m0/s1. The molecule has 2 saturated heterocycles. The third kappa shape index (κ3) is 2.51. The molecule has 6 nitrogen and oxygen atoms in total. The van der Waals surface area contributed by atoms with E-state index < -0.39 is 17.4 Å². The number of anilines is 1. The van der Waals surface area contributed by atoms with E-state index in [1.54, 1.807) is 0 Å². The average molecular weight is 415 g/mol. The fourth-order valence-electron chi connectivity index (χ4n) is 6.35. The van der Waals surface area contributed by atoms with Gasteiger partial charge >= 0.3 is 0 Å². The van der Waals surface area contributed by atoms with Gasteiger partial charge in [-0.1, -0.05) is 61.4 Å². The van der Waals surface area contributed by atoms with Crippen molar-refractivity contribution in [1.29, 1.82) is 0 Å². The predicted octanol–water partition coefficient (Wildman–Crippen LogP) is 2.59. The molecule has 3 aliphatic heterocycles. The van der Waals surface area contributed by atoms with E-state index in [0.29, 0.717) is 6.42 Å². The fourth-order valence-corrected chi connectivity index (χ4v) is 6.35. The summed E-state index contributed by atoms with van der Waals surface area (Å²) in [5.41, 5.74) is 1.39. The molecule has 1 spiro atoms. The van der Waals surface area contributed by atoms with Gasteiger partial charge in [-0.2, -0.15) is 0 Å². The van der Waals surface area contributed by atoms with Crippen LogP contribution in [0.25, 0.3) is 0 Å². The van der Waals surface area contributed by atoms with Gasteiger partial charge < -0.3 is 5.32 Å². The lowest BCUT2D eigenvalue weighted by Gasteiger charge is -2.31. The molecule has 3 heterocycles. The first-order chi connectivity index (χ1) is 15.1. The number of benzene rings is 2. The number of nitrogens with zero attached hydrogens (tertiary/aromatic N) is 1. The second kappa shape index (κ2) is 6.76. The van der Waals surface area contributed by atoms with E-state index in [2.05, 4.69) is 10.6 Å². The van der Waals surface area contributed by atoms with Crippen molar-refractivity contribution in [2.75, 3.05) is 5.32 Å². The first kappa shape index (κ1) is 18.8. The van der Waals surface area contributed by atoms with Crippen molar-refractivity contribution in [2.24, 2.45) is 11.8 Å². The van der Waals surface area contributed by atoms with Gasteiger partial charge in [0.25, 0.3) is 0 Å². The van der Waals surface area contributed by atoms with Crippen LogP contribution in [0.15, 0.2) is 54.6 Å². The molecular formula is C25H25N3O3. The largest absolute Gasteiger partial charge is 0.324 e. The molecule has 6 rings (SSSR count). The van der Waals surface area contributed by atoms with Gasteiger partial charge in [0.1, 0.15) is 5.54 Å². The predicted molar refractivity (Wildman–Crippen MR) is 115 cm³/mol. The molecular weight excluding hydrogens is 390 g/mol. The molecule has 158 valence electrons. The Morgan fingerprint density at radius 1 is 0.903 bits per heavy atom. The van der Waals surface area contributed by atoms with Gasteiger partial charge in [-0.25, -0.2) is 0 Å². The molecule has 4 aliphatic rings. The Kier molecular flexibility index (Phi) is 4.09. The highest BCUT2D eigenvalue weighted by Gasteiger charge is 2.70. The van der Waals surface area contributed by atoms with Crippen LogP contribution in [0.2, 0.25) is 0 Å². The summed E-state index contributed by atoms with van der Waals surface area (Å²) in [4.78, 5) is 42.4. The van der Waals surface area contributed by atoms with Crippen molar-refractivity contribution in [3.63, 3.8) is 0 Å². The molecule has 31 heavy (non-hydrogen) atoms. The van der Waals surface area contributed by atoms with E-state index in [-0.39, 0.29) is 29.8 Å². The molecule has 3 amide bonds. The van der Waals surface area contributed by atoms with Crippen molar-refractivity contribution >= 4 is 23.4 Å². The Balaban J connectivity index is 1.47. The quantitative estimate of drug-likeness (QED) is 0.756. The van der Waals surface area contributed by atoms with Crippen LogP contribution in [0, 0.1) is 11.8 Å². The zero-order valence-corrected chi connectivity index (χ0v) is 17.2. The van der Waals surface area contributed by atoms with E-state index in [4.69, 9.17) is 0 Å². The molecule has 0 aromatic heterocycles. The molecule has 2 N–H and O–H groups in total. The molecule has 2 aromatic rings. The number of hydrogen-bond donors (Lipinski definition) is 2. The summed E-state index contributed by atoms with van der Waals surface area (Å²) in [6.07, 6.45) is 4.40. The number of amides is 3. The molecule has 6 heteroatoms. The van der Waals surface area contributed by atoms with Gasteiger partial charge in [0.2, 0.25) is 17.7 Å². The first-order valence-electron chi connectivity index (χ1n) is 11.2. The van der Waals surface area contributed by atoms with Crippen LogP contribution in [0.4, 0.5) is 5.69 Å². The Hall–Kier alpha value is -2.99. The Labute approximate surface area is 181 Å². The molecule has 2 aromatic carbocycles. The highest BCUT2D eigenvalue weighted by molar-refractivity contribution is 6.15. The third-order valence-corrected chi connectivity index (χ3v) is 7.64. The van der Waals surface area contributed by atoms with E-state index in [9.17, 15) is 14.4 Å². The number of hydrogen-bond acceptors (Lipinski definition) is 4. The molecule has 4 atom stereocenters. The maximum absolute atomic E-state index is 13.8. The van der Waals surface area contributed by atoms with Crippen molar-refractivity contribution in [2.45, 2.75) is 49.7 Å². The lowest BCUT2D eigenvalue weighted by molar-refractivity contribution is -0.145. The van der Waals surface area contributed by atoms with Crippen LogP contribution >= 0.6 is 0 Å². The van der Waals surface area contributed by atoms with Crippen LogP contribution in [-0.4, -0.2) is 34.7 Å². The van der Waals surface area contributed by atoms with E-state index in [1.165, 1.54) is 4.90 Å². The first-order valence-corrected chi connectivity index (χ1v) is 11.2. The molecule has 1 saturated carbocycles. The summed E-state index contributed by atoms with van der Waals surface area (Å²) in [7, 11) is 0. The topological polar surface area (TPSA) is 78.5 Å². The van der Waals surface area contributed by atoms with Gasteiger partial charge in [0.15, 0.2) is 0 Å². The van der Waals surface area contributed by atoms with Crippen molar-refractivity contribution in [1.82, 2.24) is 10.2 Å². The number of nitrogens with one attached hydrogen (secondary N) is 2. The van der Waals surface area contributed by atoms with Gasteiger partial charge in [-0.15, -0.1) is 0 Å². The van der Waals surface area contributed by atoms with Gasteiger partial charge in [-0.05, 0) is 30.9 Å². The smallest absolute Gasteiger partial charge is 0.250 e. The van der Waals surface area contributed by atoms with Gasteiger partial charge in [0.05, 0.1) is 11.8 Å². The van der Waals surface area contributed by atoms with Crippen LogP contribution in [0.5, 0.6) is 0 Å².